The highest BCUT2D eigenvalue weighted by Crippen LogP contribution is 2.28. The second-order valence-electron chi connectivity index (χ2n) is 5.88. The number of ether oxygens (including phenoxy) is 2. The summed E-state index contributed by atoms with van der Waals surface area (Å²) in [4.78, 5) is 12.2. The summed E-state index contributed by atoms with van der Waals surface area (Å²) in [5.41, 5.74) is 3.70. The van der Waals surface area contributed by atoms with E-state index in [4.69, 9.17) is 0 Å². The van der Waals surface area contributed by atoms with Crippen LogP contribution in [-0.2, 0) is 11.3 Å². The van der Waals surface area contributed by atoms with Crippen molar-refractivity contribution in [3.8, 4) is 11.5 Å². The number of amides is 1. The van der Waals surface area contributed by atoms with E-state index in [1.54, 1.807) is 24.3 Å². The molecule has 8 nitrogen and oxygen atoms in total. The molecule has 1 heterocycles. The van der Waals surface area contributed by atoms with Gasteiger partial charge in [-0.05, 0) is 31.2 Å². The van der Waals surface area contributed by atoms with Gasteiger partial charge in [0.05, 0.1) is 11.2 Å². The topological polar surface area (TPSA) is 90.6 Å². The van der Waals surface area contributed by atoms with Crippen LogP contribution >= 0.6 is 0 Å². The number of carbonyl (C=O) groups is 1. The molecule has 2 aromatic carbocycles. The summed E-state index contributed by atoms with van der Waals surface area (Å²) in [7, 11) is 0. The van der Waals surface area contributed by atoms with Gasteiger partial charge in [0, 0.05) is 11.6 Å². The number of fused-ring (bicyclic) bond motifs is 1. The van der Waals surface area contributed by atoms with Crippen LogP contribution in [-0.4, -0.2) is 39.8 Å². The third-order valence-corrected chi connectivity index (χ3v) is 3.85. The lowest BCUT2D eigenvalue weighted by molar-refractivity contribution is -0.121. The second kappa shape index (κ2) is 9.20. The van der Waals surface area contributed by atoms with Gasteiger partial charge in [-0.3, -0.25) is 4.79 Å². The van der Waals surface area contributed by atoms with E-state index >= 15 is 0 Å². The average molecular weight is 425 g/mol. The number of hydrogen-bond donors (Lipinski definition) is 1. The third-order valence-electron chi connectivity index (χ3n) is 3.85. The number of alkyl halides is 4. The summed E-state index contributed by atoms with van der Waals surface area (Å²) in [5.74, 6) is -1.33. The summed E-state index contributed by atoms with van der Waals surface area (Å²) >= 11 is 0. The average Bonchev–Trinajstić information content (AvgIpc) is 3.08. The van der Waals surface area contributed by atoms with Gasteiger partial charge in [-0.1, -0.05) is 17.3 Å². The predicted octanol–water partition coefficient (Wildman–Crippen LogP) is 3.17. The van der Waals surface area contributed by atoms with Crippen molar-refractivity contribution in [3.05, 3.63) is 48.0 Å². The van der Waals surface area contributed by atoms with Crippen LogP contribution in [0.4, 0.5) is 17.6 Å². The maximum absolute atomic E-state index is 12.7. The molecule has 12 heteroatoms. The number of hydrogen-bond acceptors (Lipinski definition) is 6. The lowest BCUT2D eigenvalue weighted by Crippen LogP contribution is -2.25. The van der Waals surface area contributed by atoms with Crippen LogP contribution in [0.15, 0.2) is 47.6 Å². The van der Waals surface area contributed by atoms with Gasteiger partial charge in [0.25, 0.3) is 5.91 Å². The fourth-order valence-corrected chi connectivity index (χ4v) is 2.58. The van der Waals surface area contributed by atoms with Crippen LogP contribution < -0.4 is 14.9 Å². The SMILES string of the molecule is C/C(=N\NC(=O)Cn1nnc2ccccc21)c1ccc(OC(F)F)cc1OC(F)F. The van der Waals surface area contributed by atoms with Gasteiger partial charge < -0.3 is 9.47 Å². The number of nitrogens with zero attached hydrogens (tertiary/aromatic N) is 4. The summed E-state index contributed by atoms with van der Waals surface area (Å²) < 4.78 is 59.9. The van der Waals surface area contributed by atoms with E-state index in [0.717, 1.165) is 12.1 Å². The summed E-state index contributed by atoms with van der Waals surface area (Å²) in [6.45, 7) is -5.09. The number of aromatic nitrogens is 3. The lowest BCUT2D eigenvalue weighted by atomic mass is 10.1. The molecule has 0 aliphatic heterocycles. The van der Waals surface area contributed by atoms with E-state index in [2.05, 4.69) is 30.3 Å². The molecule has 0 unspecified atom stereocenters. The van der Waals surface area contributed by atoms with Crippen LogP contribution in [0.2, 0.25) is 0 Å². The molecule has 1 N–H and O–H groups in total. The Kier molecular flexibility index (Phi) is 6.45. The molecule has 0 aliphatic rings. The molecule has 0 atom stereocenters. The van der Waals surface area contributed by atoms with Crippen LogP contribution in [0.25, 0.3) is 11.0 Å². The molecule has 0 fully saturated rings. The van der Waals surface area contributed by atoms with Crippen molar-refractivity contribution in [1.82, 2.24) is 20.4 Å². The number of nitrogens with one attached hydrogen (secondary N) is 1. The molecule has 1 amide bonds. The zero-order valence-electron chi connectivity index (χ0n) is 15.4. The predicted molar refractivity (Wildman–Crippen MR) is 97.6 cm³/mol. The number of para-hydroxylation sites is 1. The summed E-state index contributed by atoms with van der Waals surface area (Å²) in [6.07, 6.45) is 0. The van der Waals surface area contributed by atoms with E-state index in [1.807, 2.05) is 0 Å². The Hall–Kier alpha value is -3.70. The third kappa shape index (κ3) is 5.21. The number of halogens is 4. The minimum atomic E-state index is -3.20. The van der Waals surface area contributed by atoms with Crippen molar-refractivity contribution in [1.29, 1.82) is 0 Å². The first-order valence-corrected chi connectivity index (χ1v) is 8.49. The Labute approximate surface area is 167 Å². The largest absolute Gasteiger partial charge is 0.435 e. The molecule has 0 aliphatic carbocycles. The van der Waals surface area contributed by atoms with Crippen molar-refractivity contribution < 1.29 is 31.8 Å². The molecule has 3 aromatic rings. The highest BCUT2D eigenvalue weighted by atomic mass is 19.3. The van der Waals surface area contributed by atoms with E-state index in [9.17, 15) is 22.4 Å². The van der Waals surface area contributed by atoms with Crippen LogP contribution in [0.5, 0.6) is 11.5 Å². The highest BCUT2D eigenvalue weighted by Gasteiger charge is 2.16. The van der Waals surface area contributed by atoms with Crippen molar-refractivity contribution >= 4 is 22.7 Å². The number of carbonyl (C=O) groups excluding carboxylic acids is 1. The fraction of sp³-hybridized carbons (Fsp3) is 0.222. The smallest absolute Gasteiger partial charge is 0.387 e. The van der Waals surface area contributed by atoms with Gasteiger partial charge in [-0.2, -0.15) is 22.7 Å². The maximum Gasteiger partial charge on any atom is 0.387 e. The monoisotopic (exact) mass is 425 g/mol. The van der Waals surface area contributed by atoms with Crippen molar-refractivity contribution in [3.63, 3.8) is 0 Å². The van der Waals surface area contributed by atoms with Crippen molar-refractivity contribution in [2.24, 2.45) is 5.10 Å². The van der Waals surface area contributed by atoms with Gasteiger partial charge >= 0.3 is 13.2 Å². The van der Waals surface area contributed by atoms with E-state index in [1.165, 1.54) is 17.7 Å². The standard InChI is InChI=1S/C18H15F4N5O3/c1-10(12-7-6-11(29-17(19)20)8-15(12)30-18(21)22)23-25-16(28)9-27-14-5-3-2-4-13(14)24-26-27/h2-8,17-18H,9H2,1H3,(H,25,28)/b23-10+. The maximum atomic E-state index is 12.7. The summed E-state index contributed by atoms with van der Waals surface area (Å²) in [6, 6.07) is 10.3. The molecule has 1 aromatic heterocycles. The van der Waals surface area contributed by atoms with Gasteiger partial charge in [-0.25, -0.2) is 10.1 Å². The Balaban J connectivity index is 1.74. The van der Waals surface area contributed by atoms with Gasteiger partial charge in [-0.15, -0.1) is 5.10 Å². The Bertz CT molecular complexity index is 1070. The van der Waals surface area contributed by atoms with E-state index in [0.29, 0.717) is 11.0 Å². The van der Waals surface area contributed by atoms with Crippen molar-refractivity contribution in [2.45, 2.75) is 26.7 Å². The van der Waals surface area contributed by atoms with Crippen molar-refractivity contribution in [2.75, 3.05) is 0 Å². The van der Waals surface area contributed by atoms with E-state index < -0.39 is 24.9 Å². The molecule has 158 valence electrons. The zero-order valence-corrected chi connectivity index (χ0v) is 15.4. The van der Waals surface area contributed by atoms with Gasteiger partial charge in [0.15, 0.2) is 0 Å². The van der Waals surface area contributed by atoms with Crippen LogP contribution in [0.1, 0.15) is 12.5 Å². The quantitative estimate of drug-likeness (QED) is 0.340. The minimum absolute atomic E-state index is 0.0587. The minimum Gasteiger partial charge on any atom is -0.435 e. The molecule has 0 spiro atoms. The normalized spacial score (nSPS) is 11.9. The highest BCUT2D eigenvalue weighted by molar-refractivity contribution is 6.01. The Morgan fingerprint density at radius 2 is 1.87 bits per heavy atom. The molecule has 0 bridgehead atoms. The molecule has 0 saturated heterocycles. The number of hydrazone groups is 1. The van der Waals surface area contributed by atoms with Crippen LogP contribution in [0.3, 0.4) is 0 Å². The fourth-order valence-electron chi connectivity index (χ4n) is 2.58. The molecule has 30 heavy (non-hydrogen) atoms. The first-order chi connectivity index (χ1) is 14.3. The van der Waals surface area contributed by atoms with Crippen LogP contribution in [0, 0.1) is 0 Å². The van der Waals surface area contributed by atoms with E-state index in [-0.39, 0.29) is 23.6 Å². The molecular formula is C18H15F4N5O3. The number of rotatable bonds is 8. The van der Waals surface area contributed by atoms with Gasteiger partial charge in [0.2, 0.25) is 0 Å². The second-order valence-corrected chi connectivity index (χ2v) is 5.88. The summed E-state index contributed by atoms with van der Waals surface area (Å²) in [5, 5.41) is 11.7. The number of benzene rings is 2. The molecule has 0 saturated carbocycles. The molecule has 3 rings (SSSR count). The van der Waals surface area contributed by atoms with Gasteiger partial charge in [0.1, 0.15) is 23.6 Å². The Morgan fingerprint density at radius 3 is 2.60 bits per heavy atom. The molecule has 0 radical (unpaired) electrons. The first-order valence-electron chi connectivity index (χ1n) is 8.49. The Morgan fingerprint density at radius 1 is 1.13 bits per heavy atom. The molecular weight excluding hydrogens is 410 g/mol. The zero-order chi connectivity index (χ0) is 21.7. The lowest BCUT2D eigenvalue weighted by Gasteiger charge is -2.13. The first kappa shape index (κ1) is 21.0.